The van der Waals surface area contributed by atoms with E-state index in [2.05, 4.69) is 6.07 Å². The molecule has 1 aromatic heterocycles. The molecule has 2 heterocycles. The summed E-state index contributed by atoms with van der Waals surface area (Å²) in [4.78, 5) is 18.5. The summed E-state index contributed by atoms with van der Waals surface area (Å²) in [6.07, 6.45) is 2.85. The normalized spacial score (nSPS) is 18.9. The molecule has 1 atom stereocenters. The number of piperidine rings is 1. The van der Waals surface area contributed by atoms with E-state index in [1.54, 1.807) is 0 Å². The van der Waals surface area contributed by atoms with Gasteiger partial charge in [0.2, 0.25) is 5.91 Å². The van der Waals surface area contributed by atoms with Crippen LogP contribution in [0.1, 0.15) is 24.8 Å². The predicted octanol–water partition coefficient (Wildman–Crippen LogP) is 1.54. The van der Waals surface area contributed by atoms with Gasteiger partial charge in [0, 0.05) is 24.0 Å². The van der Waals surface area contributed by atoms with Crippen molar-refractivity contribution in [3.05, 3.63) is 35.9 Å². The third-order valence-corrected chi connectivity index (χ3v) is 4.10. The number of carbonyl (C=O) groups excluding carboxylic acids is 1. The first-order chi connectivity index (χ1) is 10.2. The van der Waals surface area contributed by atoms with Gasteiger partial charge in [-0.05, 0) is 31.4 Å². The topological polar surface area (TPSA) is 85.2 Å². The number of hydrogen-bond acceptors (Lipinski definition) is 4. The molecule has 5 heteroatoms. The minimum atomic E-state index is -0.285. The Kier molecular flexibility index (Phi) is 3.75. The minimum absolute atomic E-state index is 0.280. The molecule has 4 N–H and O–H groups in total. The average Bonchev–Trinajstić information content (AvgIpc) is 2.53. The molecule has 3 rings (SSSR count). The van der Waals surface area contributed by atoms with E-state index < -0.39 is 0 Å². The quantitative estimate of drug-likeness (QED) is 0.895. The number of hydrogen-bond donors (Lipinski definition) is 2. The van der Waals surface area contributed by atoms with Crippen molar-refractivity contribution in [2.45, 2.75) is 31.8 Å². The van der Waals surface area contributed by atoms with Crippen LogP contribution in [-0.2, 0) is 11.3 Å². The van der Waals surface area contributed by atoms with Crippen LogP contribution in [0.5, 0.6) is 0 Å². The van der Waals surface area contributed by atoms with E-state index in [1.165, 1.54) is 0 Å². The van der Waals surface area contributed by atoms with Crippen LogP contribution in [0.3, 0.4) is 0 Å². The number of rotatable bonds is 3. The Morgan fingerprint density at radius 3 is 2.90 bits per heavy atom. The molecule has 1 amide bonds. The average molecular weight is 284 g/mol. The fourth-order valence-electron chi connectivity index (χ4n) is 3.03. The molecule has 0 bridgehead atoms. The molecule has 1 aromatic carbocycles. The number of nitrogens with two attached hydrogens (primary N) is 2. The van der Waals surface area contributed by atoms with Crippen molar-refractivity contribution in [1.82, 2.24) is 4.98 Å². The SMILES string of the molecule is NCc1cc2ccccc2nc1N1CCCCC1C(N)=O. The Hall–Kier alpha value is -2.14. The Labute approximate surface area is 123 Å². The van der Waals surface area contributed by atoms with Gasteiger partial charge in [-0.25, -0.2) is 4.98 Å². The smallest absolute Gasteiger partial charge is 0.240 e. The predicted molar refractivity (Wildman–Crippen MR) is 83.8 cm³/mol. The fourth-order valence-corrected chi connectivity index (χ4v) is 3.03. The molecule has 0 spiro atoms. The van der Waals surface area contributed by atoms with Gasteiger partial charge in [0.15, 0.2) is 0 Å². The lowest BCUT2D eigenvalue weighted by Gasteiger charge is -2.35. The zero-order chi connectivity index (χ0) is 14.8. The Balaban J connectivity index is 2.10. The molecular formula is C16H20N4O. The summed E-state index contributed by atoms with van der Waals surface area (Å²) < 4.78 is 0. The van der Waals surface area contributed by atoms with Crippen molar-refractivity contribution in [1.29, 1.82) is 0 Å². The van der Waals surface area contributed by atoms with E-state index in [0.29, 0.717) is 6.54 Å². The number of pyridine rings is 1. The molecule has 1 aliphatic rings. The molecule has 1 fully saturated rings. The highest BCUT2D eigenvalue weighted by atomic mass is 16.1. The largest absolute Gasteiger partial charge is 0.368 e. The molecule has 0 aliphatic carbocycles. The summed E-state index contributed by atoms with van der Waals surface area (Å²) in [5, 5.41) is 1.06. The molecule has 0 radical (unpaired) electrons. The van der Waals surface area contributed by atoms with Gasteiger partial charge in [0.25, 0.3) is 0 Å². The van der Waals surface area contributed by atoms with Crippen molar-refractivity contribution in [2.75, 3.05) is 11.4 Å². The molecule has 2 aromatic rings. The first-order valence-corrected chi connectivity index (χ1v) is 7.35. The van der Waals surface area contributed by atoms with Gasteiger partial charge in [-0.2, -0.15) is 0 Å². The first-order valence-electron chi connectivity index (χ1n) is 7.35. The third kappa shape index (κ3) is 2.56. The molecule has 110 valence electrons. The van der Waals surface area contributed by atoms with Gasteiger partial charge in [-0.3, -0.25) is 4.79 Å². The lowest BCUT2D eigenvalue weighted by atomic mass is 10.0. The Bertz CT molecular complexity index is 670. The monoisotopic (exact) mass is 284 g/mol. The van der Waals surface area contributed by atoms with Crippen LogP contribution in [0.25, 0.3) is 10.9 Å². The number of carbonyl (C=O) groups is 1. The highest BCUT2D eigenvalue weighted by molar-refractivity contribution is 5.86. The van der Waals surface area contributed by atoms with Crippen LogP contribution in [-0.4, -0.2) is 23.5 Å². The number of nitrogens with zero attached hydrogens (tertiary/aromatic N) is 2. The number of anilines is 1. The lowest BCUT2D eigenvalue weighted by molar-refractivity contribution is -0.119. The zero-order valence-electron chi connectivity index (χ0n) is 12.0. The van der Waals surface area contributed by atoms with Crippen LogP contribution in [0.2, 0.25) is 0 Å². The van der Waals surface area contributed by atoms with E-state index in [-0.39, 0.29) is 11.9 Å². The van der Waals surface area contributed by atoms with Gasteiger partial charge in [0.1, 0.15) is 11.9 Å². The number of para-hydroxylation sites is 1. The Morgan fingerprint density at radius 2 is 2.14 bits per heavy atom. The van der Waals surface area contributed by atoms with E-state index in [4.69, 9.17) is 16.5 Å². The number of benzene rings is 1. The molecule has 0 saturated carbocycles. The van der Waals surface area contributed by atoms with Crippen LogP contribution in [0, 0.1) is 0 Å². The maximum absolute atomic E-state index is 11.7. The van der Waals surface area contributed by atoms with Crippen LogP contribution in [0.4, 0.5) is 5.82 Å². The van der Waals surface area contributed by atoms with Crippen molar-refractivity contribution in [2.24, 2.45) is 11.5 Å². The summed E-state index contributed by atoms with van der Waals surface area (Å²) >= 11 is 0. The van der Waals surface area contributed by atoms with Crippen LogP contribution in [0.15, 0.2) is 30.3 Å². The van der Waals surface area contributed by atoms with Gasteiger partial charge in [0.05, 0.1) is 5.52 Å². The van der Waals surface area contributed by atoms with Crippen LogP contribution >= 0.6 is 0 Å². The molecule has 1 unspecified atom stereocenters. The highest BCUT2D eigenvalue weighted by Gasteiger charge is 2.29. The van der Waals surface area contributed by atoms with Gasteiger partial charge in [-0.1, -0.05) is 18.2 Å². The second-order valence-corrected chi connectivity index (χ2v) is 5.48. The van der Waals surface area contributed by atoms with Gasteiger partial charge in [-0.15, -0.1) is 0 Å². The first kappa shape index (κ1) is 13.8. The molecule has 21 heavy (non-hydrogen) atoms. The number of aromatic nitrogens is 1. The van der Waals surface area contributed by atoms with Crippen molar-refractivity contribution in [3.8, 4) is 0 Å². The van der Waals surface area contributed by atoms with E-state index in [0.717, 1.165) is 48.1 Å². The number of primary amides is 1. The molecule has 5 nitrogen and oxygen atoms in total. The lowest BCUT2D eigenvalue weighted by Crippen LogP contribution is -2.48. The fraction of sp³-hybridized carbons (Fsp3) is 0.375. The van der Waals surface area contributed by atoms with Crippen molar-refractivity contribution < 1.29 is 4.79 Å². The number of amides is 1. The van der Waals surface area contributed by atoms with E-state index in [9.17, 15) is 4.79 Å². The summed E-state index contributed by atoms with van der Waals surface area (Å²) in [7, 11) is 0. The third-order valence-electron chi connectivity index (χ3n) is 4.10. The van der Waals surface area contributed by atoms with Crippen molar-refractivity contribution in [3.63, 3.8) is 0 Å². The van der Waals surface area contributed by atoms with Crippen LogP contribution < -0.4 is 16.4 Å². The molecule has 1 saturated heterocycles. The maximum Gasteiger partial charge on any atom is 0.240 e. The van der Waals surface area contributed by atoms with Gasteiger partial charge < -0.3 is 16.4 Å². The zero-order valence-corrected chi connectivity index (χ0v) is 12.0. The van der Waals surface area contributed by atoms with E-state index >= 15 is 0 Å². The molecule has 1 aliphatic heterocycles. The summed E-state index contributed by atoms with van der Waals surface area (Å²) in [5.41, 5.74) is 13.3. The number of fused-ring (bicyclic) bond motifs is 1. The second-order valence-electron chi connectivity index (χ2n) is 5.48. The Morgan fingerprint density at radius 1 is 1.33 bits per heavy atom. The summed E-state index contributed by atoms with van der Waals surface area (Å²) in [6.45, 7) is 1.20. The minimum Gasteiger partial charge on any atom is -0.368 e. The highest BCUT2D eigenvalue weighted by Crippen LogP contribution is 2.28. The van der Waals surface area contributed by atoms with Gasteiger partial charge >= 0.3 is 0 Å². The maximum atomic E-state index is 11.7. The van der Waals surface area contributed by atoms with E-state index in [1.807, 2.05) is 29.2 Å². The molecular weight excluding hydrogens is 264 g/mol. The second kappa shape index (κ2) is 5.69. The standard InChI is InChI=1S/C16H20N4O/c17-10-12-9-11-5-1-2-6-13(11)19-16(12)20-8-4-3-7-14(20)15(18)21/h1-2,5-6,9,14H,3-4,7-8,10,17H2,(H2,18,21). The van der Waals surface area contributed by atoms with Crippen molar-refractivity contribution >= 4 is 22.6 Å². The summed E-state index contributed by atoms with van der Waals surface area (Å²) in [6, 6.07) is 9.72. The summed E-state index contributed by atoms with van der Waals surface area (Å²) in [5.74, 6) is 0.521.